The lowest BCUT2D eigenvalue weighted by molar-refractivity contribution is -0.384. The van der Waals surface area contributed by atoms with Crippen LogP contribution in [0, 0.1) is 10.1 Å². The number of anilines is 1. The predicted octanol–water partition coefficient (Wildman–Crippen LogP) is 2.75. The fraction of sp³-hybridized carbons (Fsp3) is 0.294. The van der Waals surface area contributed by atoms with E-state index in [1.165, 1.54) is 48.9 Å². The van der Waals surface area contributed by atoms with Crippen LogP contribution in [0.1, 0.15) is 12.0 Å². The lowest BCUT2D eigenvalue weighted by Gasteiger charge is -2.30. The number of hydrogen-bond acceptors (Lipinski definition) is 6. The largest absolute Gasteiger partial charge is 0.493 e. The third-order valence-corrected chi connectivity index (χ3v) is 6.11. The summed E-state index contributed by atoms with van der Waals surface area (Å²) in [5.74, 6) is 0.714. The van der Waals surface area contributed by atoms with Gasteiger partial charge in [-0.15, -0.1) is 0 Å². The molecular formula is C17H18N2O6S. The van der Waals surface area contributed by atoms with E-state index < -0.39 is 14.9 Å². The minimum Gasteiger partial charge on any atom is -0.493 e. The van der Waals surface area contributed by atoms with Crippen LogP contribution in [0.15, 0.2) is 41.3 Å². The molecule has 8 nitrogen and oxygen atoms in total. The number of nitrogens with zero attached hydrogens (tertiary/aromatic N) is 2. The van der Waals surface area contributed by atoms with Gasteiger partial charge in [0, 0.05) is 24.7 Å². The quantitative estimate of drug-likeness (QED) is 0.586. The zero-order valence-electron chi connectivity index (χ0n) is 14.3. The Morgan fingerprint density at radius 3 is 2.46 bits per heavy atom. The van der Waals surface area contributed by atoms with Crippen LogP contribution in [-0.2, 0) is 16.4 Å². The number of ether oxygens (including phenoxy) is 2. The van der Waals surface area contributed by atoms with Gasteiger partial charge in [-0.1, -0.05) is 6.07 Å². The molecule has 0 amide bonds. The van der Waals surface area contributed by atoms with Gasteiger partial charge in [0.05, 0.1) is 29.7 Å². The van der Waals surface area contributed by atoms with E-state index in [1.807, 2.05) is 0 Å². The highest BCUT2D eigenvalue weighted by Gasteiger charge is 2.31. The van der Waals surface area contributed by atoms with Gasteiger partial charge in [0.1, 0.15) is 0 Å². The molecule has 1 heterocycles. The van der Waals surface area contributed by atoms with Crippen LogP contribution in [-0.4, -0.2) is 34.1 Å². The molecule has 0 fully saturated rings. The minimum absolute atomic E-state index is 0.0366. The van der Waals surface area contributed by atoms with Crippen molar-refractivity contribution in [3.8, 4) is 11.5 Å². The van der Waals surface area contributed by atoms with Crippen molar-refractivity contribution >= 4 is 21.4 Å². The number of nitro groups is 1. The molecule has 138 valence electrons. The van der Waals surface area contributed by atoms with Crippen molar-refractivity contribution in [3.05, 3.63) is 52.1 Å². The van der Waals surface area contributed by atoms with E-state index in [1.54, 1.807) is 6.07 Å². The Labute approximate surface area is 151 Å². The maximum atomic E-state index is 13.2. The van der Waals surface area contributed by atoms with Gasteiger partial charge in [0.15, 0.2) is 11.5 Å². The zero-order chi connectivity index (χ0) is 18.9. The lowest BCUT2D eigenvalue weighted by atomic mass is 10.0. The molecule has 0 saturated heterocycles. The van der Waals surface area contributed by atoms with Gasteiger partial charge >= 0.3 is 0 Å². The SMILES string of the molecule is COc1ccc(S(=O)(=O)N2CCCc3ccc([N+](=O)[O-])cc32)cc1OC. The topological polar surface area (TPSA) is 99.0 Å². The molecule has 0 unspecified atom stereocenters. The molecule has 2 aromatic rings. The second-order valence-electron chi connectivity index (χ2n) is 5.77. The third-order valence-electron chi connectivity index (χ3n) is 4.30. The van der Waals surface area contributed by atoms with Crippen molar-refractivity contribution in [1.82, 2.24) is 0 Å². The summed E-state index contributed by atoms with van der Waals surface area (Å²) >= 11 is 0. The highest BCUT2D eigenvalue weighted by molar-refractivity contribution is 7.92. The van der Waals surface area contributed by atoms with E-state index in [-0.39, 0.29) is 17.1 Å². The van der Waals surface area contributed by atoms with E-state index >= 15 is 0 Å². The smallest absolute Gasteiger partial charge is 0.271 e. The molecule has 1 aliphatic heterocycles. The minimum atomic E-state index is -3.90. The molecule has 0 radical (unpaired) electrons. The van der Waals surface area contributed by atoms with Gasteiger partial charge in [-0.05, 0) is 30.5 Å². The van der Waals surface area contributed by atoms with Gasteiger partial charge in [0.2, 0.25) is 0 Å². The third kappa shape index (κ3) is 3.05. The van der Waals surface area contributed by atoms with Crippen LogP contribution in [0.3, 0.4) is 0 Å². The fourth-order valence-electron chi connectivity index (χ4n) is 3.00. The fourth-order valence-corrected chi connectivity index (χ4v) is 4.55. The number of aryl methyl sites for hydroxylation is 1. The van der Waals surface area contributed by atoms with Gasteiger partial charge in [-0.2, -0.15) is 0 Å². The molecule has 1 aliphatic rings. The van der Waals surface area contributed by atoms with Gasteiger partial charge in [-0.25, -0.2) is 8.42 Å². The molecule has 0 atom stereocenters. The molecule has 3 rings (SSSR count). The Bertz CT molecular complexity index is 958. The Kier molecular flexibility index (Phi) is 4.73. The molecule has 0 spiro atoms. The van der Waals surface area contributed by atoms with E-state index in [9.17, 15) is 18.5 Å². The lowest BCUT2D eigenvalue weighted by Crippen LogP contribution is -2.35. The van der Waals surface area contributed by atoms with Crippen LogP contribution in [0.5, 0.6) is 11.5 Å². The van der Waals surface area contributed by atoms with Crippen molar-refractivity contribution in [3.63, 3.8) is 0 Å². The molecule has 9 heteroatoms. The molecule has 2 aromatic carbocycles. The maximum absolute atomic E-state index is 13.2. The average Bonchev–Trinajstić information content (AvgIpc) is 2.66. The van der Waals surface area contributed by atoms with Crippen molar-refractivity contribution in [2.45, 2.75) is 17.7 Å². The number of sulfonamides is 1. The van der Waals surface area contributed by atoms with Crippen molar-refractivity contribution < 1.29 is 22.8 Å². The maximum Gasteiger partial charge on any atom is 0.271 e. The number of methoxy groups -OCH3 is 2. The summed E-state index contributed by atoms with van der Waals surface area (Å²) in [5.41, 5.74) is 0.976. The summed E-state index contributed by atoms with van der Waals surface area (Å²) in [7, 11) is -1.01. The summed E-state index contributed by atoms with van der Waals surface area (Å²) in [6.45, 7) is 0.255. The average molecular weight is 378 g/mol. The molecular weight excluding hydrogens is 360 g/mol. The van der Waals surface area contributed by atoms with E-state index in [0.717, 1.165) is 5.56 Å². The zero-order valence-corrected chi connectivity index (χ0v) is 15.2. The molecule has 0 aromatic heterocycles. The van der Waals surface area contributed by atoms with E-state index in [4.69, 9.17) is 9.47 Å². The van der Waals surface area contributed by atoms with Crippen LogP contribution >= 0.6 is 0 Å². The first-order valence-electron chi connectivity index (χ1n) is 7.90. The number of rotatable bonds is 5. The highest BCUT2D eigenvalue weighted by Crippen LogP contribution is 2.36. The highest BCUT2D eigenvalue weighted by atomic mass is 32.2. The van der Waals surface area contributed by atoms with Crippen LogP contribution in [0.2, 0.25) is 0 Å². The summed E-state index contributed by atoms with van der Waals surface area (Å²) in [5, 5.41) is 11.1. The monoisotopic (exact) mass is 378 g/mol. The van der Waals surface area contributed by atoms with Gasteiger partial charge < -0.3 is 9.47 Å². The molecule has 0 saturated carbocycles. The summed E-state index contributed by atoms with van der Waals surface area (Å²) in [6, 6.07) is 8.66. The van der Waals surface area contributed by atoms with Crippen molar-refractivity contribution in [2.24, 2.45) is 0 Å². The molecule has 0 N–H and O–H groups in total. The summed E-state index contributed by atoms with van der Waals surface area (Å²) < 4.78 is 37.9. The normalized spacial score (nSPS) is 13.8. The van der Waals surface area contributed by atoms with Crippen LogP contribution in [0.25, 0.3) is 0 Å². The predicted molar refractivity (Wildman–Crippen MR) is 95.5 cm³/mol. The first-order chi connectivity index (χ1) is 12.4. The number of non-ortho nitro benzene ring substituents is 1. The standard InChI is InChI=1S/C17H18N2O6S/c1-24-16-8-7-14(11-17(16)25-2)26(22,23)18-9-3-4-12-5-6-13(19(20)21)10-15(12)18/h5-8,10-11H,3-4,9H2,1-2H3. The first kappa shape index (κ1) is 18.0. The van der Waals surface area contributed by atoms with Crippen molar-refractivity contribution in [2.75, 3.05) is 25.1 Å². The van der Waals surface area contributed by atoms with Gasteiger partial charge in [0.25, 0.3) is 15.7 Å². The number of hydrogen-bond donors (Lipinski definition) is 0. The Morgan fingerprint density at radius 1 is 1.08 bits per heavy atom. The Balaban J connectivity index is 2.09. The van der Waals surface area contributed by atoms with Crippen LogP contribution < -0.4 is 13.8 Å². The van der Waals surface area contributed by atoms with Crippen molar-refractivity contribution in [1.29, 1.82) is 0 Å². The number of benzene rings is 2. The molecule has 0 aliphatic carbocycles. The Morgan fingerprint density at radius 2 is 1.81 bits per heavy atom. The summed E-state index contributed by atoms with van der Waals surface area (Å²) in [6.07, 6.45) is 1.31. The first-order valence-corrected chi connectivity index (χ1v) is 9.34. The van der Waals surface area contributed by atoms with Gasteiger partial charge in [-0.3, -0.25) is 14.4 Å². The number of fused-ring (bicyclic) bond motifs is 1. The molecule has 26 heavy (non-hydrogen) atoms. The number of nitro benzene ring substituents is 1. The second kappa shape index (κ2) is 6.83. The molecule has 0 bridgehead atoms. The van der Waals surface area contributed by atoms with E-state index in [0.29, 0.717) is 30.0 Å². The van der Waals surface area contributed by atoms with Crippen LogP contribution in [0.4, 0.5) is 11.4 Å². The Hall–Kier alpha value is -2.81. The summed E-state index contributed by atoms with van der Waals surface area (Å²) in [4.78, 5) is 10.6. The second-order valence-corrected chi connectivity index (χ2v) is 7.63. The van der Waals surface area contributed by atoms with E-state index in [2.05, 4.69) is 0 Å².